The number of hydrogen-bond donors (Lipinski definition) is 0. The fraction of sp³-hybridized carbons (Fsp3) is 0.522. The average Bonchev–Trinajstić information content (AvgIpc) is 2.62. The van der Waals surface area contributed by atoms with Gasteiger partial charge >= 0.3 is 0 Å². The average molecular weight is 340 g/mol. The van der Waals surface area contributed by atoms with Gasteiger partial charge in [0.2, 0.25) is 0 Å². The van der Waals surface area contributed by atoms with Gasteiger partial charge in [-0.2, -0.15) is 0 Å². The van der Waals surface area contributed by atoms with Crippen molar-refractivity contribution in [2.75, 3.05) is 6.61 Å². The third-order valence-electron chi connectivity index (χ3n) is 5.01. The van der Waals surface area contributed by atoms with Crippen molar-refractivity contribution in [3.05, 3.63) is 60.1 Å². The van der Waals surface area contributed by atoms with E-state index < -0.39 is 0 Å². The summed E-state index contributed by atoms with van der Waals surface area (Å²) in [6.45, 7) is 12.6. The molecule has 0 N–H and O–H groups in total. The molecule has 1 atom stereocenters. The van der Waals surface area contributed by atoms with Crippen LogP contribution in [0.2, 0.25) is 0 Å². The zero-order chi connectivity index (χ0) is 18.1. The van der Waals surface area contributed by atoms with E-state index in [1.165, 1.54) is 44.1 Å². The zero-order valence-corrected chi connectivity index (χ0v) is 16.0. The lowest BCUT2D eigenvalue weighted by Gasteiger charge is -2.28. The van der Waals surface area contributed by atoms with Crippen molar-refractivity contribution < 1.29 is 4.74 Å². The first-order valence-electron chi connectivity index (χ1n) is 9.74. The minimum absolute atomic E-state index is 0.528. The molecule has 136 valence electrons. The van der Waals surface area contributed by atoms with Gasteiger partial charge in [-0.1, -0.05) is 64.3 Å². The highest BCUT2D eigenvalue weighted by atomic mass is 16.5. The van der Waals surface area contributed by atoms with Crippen LogP contribution in [-0.4, -0.2) is 12.8 Å². The molecule has 0 radical (unpaired) electrons. The van der Waals surface area contributed by atoms with Gasteiger partial charge in [-0.25, -0.2) is 0 Å². The van der Waals surface area contributed by atoms with Crippen LogP contribution < -0.4 is 0 Å². The lowest BCUT2D eigenvalue weighted by molar-refractivity contribution is 0.227. The van der Waals surface area contributed by atoms with E-state index in [1.807, 2.05) is 12.3 Å². The highest BCUT2D eigenvalue weighted by molar-refractivity contribution is 5.85. The van der Waals surface area contributed by atoms with Crippen molar-refractivity contribution >= 4 is 6.21 Å². The van der Waals surface area contributed by atoms with Gasteiger partial charge in [0.25, 0.3) is 0 Å². The van der Waals surface area contributed by atoms with Crippen molar-refractivity contribution in [1.29, 1.82) is 0 Å². The monoisotopic (exact) mass is 339 g/mol. The number of allylic oxidation sites excluding steroid dienone is 6. The Morgan fingerprint density at radius 1 is 1.28 bits per heavy atom. The lowest BCUT2D eigenvalue weighted by atomic mass is 9.80. The molecule has 0 heterocycles. The standard InChI is InChI=1S/C23H33NO/c1-5-11-22(6-2)24-17-21-15-18(4)14-20(23(21)25-7-3)16-19-12-9-8-10-13-19/h5-6,11,15,17-19H,1-2,7-10,12-14,16H2,3-4H3/b22-11+,24-17?. The highest BCUT2D eigenvalue weighted by Gasteiger charge is 2.24. The number of nitrogens with zero attached hydrogens (tertiary/aromatic N) is 1. The summed E-state index contributed by atoms with van der Waals surface area (Å²) in [5.41, 5.74) is 3.42. The Balaban J connectivity index is 2.25. The minimum Gasteiger partial charge on any atom is -0.493 e. The molecule has 0 aromatic rings. The molecular formula is C23H33NO. The molecule has 2 nitrogen and oxygen atoms in total. The maximum absolute atomic E-state index is 6.08. The predicted molar refractivity (Wildman–Crippen MR) is 109 cm³/mol. The molecule has 0 bridgehead atoms. The number of ether oxygens (including phenoxy) is 1. The summed E-state index contributed by atoms with van der Waals surface area (Å²) in [5.74, 6) is 2.42. The van der Waals surface area contributed by atoms with Crippen LogP contribution in [0.15, 0.2) is 65.1 Å². The van der Waals surface area contributed by atoms with E-state index in [4.69, 9.17) is 4.74 Å². The molecule has 0 amide bonds. The summed E-state index contributed by atoms with van der Waals surface area (Å²) in [6.07, 6.45) is 18.8. The highest BCUT2D eigenvalue weighted by Crippen LogP contribution is 2.37. The molecule has 0 aliphatic heterocycles. The molecule has 0 spiro atoms. The SMILES string of the molecule is C=C/C=C(\C=C)N=CC1=CC(C)CC(CC2CCCCC2)=C1OCC. The van der Waals surface area contributed by atoms with Gasteiger partial charge < -0.3 is 4.74 Å². The van der Waals surface area contributed by atoms with Gasteiger partial charge in [0.15, 0.2) is 0 Å². The van der Waals surface area contributed by atoms with E-state index in [2.05, 4.69) is 38.1 Å². The molecule has 2 rings (SSSR count). The maximum atomic E-state index is 6.08. The predicted octanol–water partition coefficient (Wildman–Crippen LogP) is 6.54. The first-order valence-corrected chi connectivity index (χ1v) is 9.74. The second kappa shape index (κ2) is 10.2. The van der Waals surface area contributed by atoms with Gasteiger partial charge in [-0.05, 0) is 49.3 Å². The second-order valence-corrected chi connectivity index (χ2v) is 7.17. The Bertz CT molecular complexity index is 585. The molecule has 2 heteroatoms. The van der Waals surface area contributed by atoms with Gasteiger partial charge in [-0.15, -0.1) is 0 Å². The minimum atomic E-state index is 0.528. The summed E-state index contributed by atoms with van der Waals surface area (Å²) in [7, 11) is 0. The lowest BCUT2D eigenvalue weighted by Crippen LogP contribution is -2.15. The normalized spacial score (nSPS) is 22.9. The topological polar surface area (TPSA) is 21.6 Å². The van der Waals surface area contributed by atoms with E-state index in [1.54, 1.807) is 12.2 Å². The molecule has 1 unspecified atom stereocenters. The van der Waals surface area contributed by atoms with Gasteiger partial charge in [0.1, 0.15) is 5.76 Å². The van der Waals surface area contributed by atoms with E-state index in [0.29, 0.717) is 12.5 Å². The van der Waals surface area contributed by atoms with Gasteiger partial charge in [-0.3, -0.25) is 4.99 Å². The fourth-order valence-electron chi connectivity index (χ4n) is 3.90. The largest absolute Gasteiger partial charge is 0.493 e. The Morgan fingerprint density at radius 2 is 2.04 bits per heavy atom. The quantitative estimate of drug-likeness (QED) is 0.363. The van der Waals surface area contributed by atoms with Crippen LogP contribution in [-0.2, 0) is 4.74 Å². The van der Waals surface area contributed by atoms with Gasteiger partial charge in [0.05, 0.1) is 12.3 Å². The van der Waals surface area contributed by atoms with Crippen molar-refractivity contribution in [2.24, 2.45) is 16.8 Å². The second-order valence-electron chi connectivity index (χ2n) is 7.17. The van der Waals surface area contributed by atoms with E-state index >= 15 is 0 Å². The summed E-state index contributed by atoms with van der Waals surface area (Å²) < 4.78 is 6.08. The summed E-state index contributed by atoms with van der Waals surface area (Å²) in [4.78, 5) is 4.57. The zero-order valence-electron chi connectivity index (χ0n) is 16.0. The number of hydrogen-bond acceptors (Lipinski definition) is 2. The van der Waals surface area contributed by atoms with E-state index in [0.717, 1.165) is 29.4 Å². The van der Waals surface area contributed by atoms with Crippen LogP contribution >= 0.6 is 0 Å². The Morgan fingerprint density at radius 3 is 2.68 bits per heavy atom. The Kier molecular flexibility index (Phi) is 7.97. The third-order valence-corrected chi connectivity index (χ3v) is 5.01. The molecule has 0 aromatic carbocycles. The van der Waals surface area contributed by atoms with E-state index in [9.17, 15) is 0 Å². The van der Waals surface area contributed by atoms with Crippen molar-refractivity contribution in [3.63, 3.8) is 0 Å². The fourth-order valence-corrected chi connectivity index (χ4v) is 3.90. The van der Waals surface area contributed by atoms with Crippen molar-refractivity contribution in [3.8, 4) is 0 Å². The molecule has 0 aromatic heterocycles. The smallest absolute Gasteiger partial charge is 0.126 e. The number of rotatable bonds is 8. The molecule has 1 fully saturated rings. The first-order chi connectivity index (χ1) is 12.2. The van der Waals surface area contributed by atoms with Crippen LogP contribution in [0.3, 0.4) is 0 Å². The van der Waals surface area contributed by atoms with Crippen molar-refractivity contribution in [1.82, 2.24) is 0 Å². The molecule has 25 heavy (non-hydrogen) atoms. The number of aliphatic imine (C=N–C) groups is 1. The maximum Gasteiger partial charge on any atom is 0.126 e. The van der Waals surface area contributed by atoms with Gasteiger partial charge in [0, 0.05) is 11.8 Å². The van der Waals surface area contributed by atoms with Crippen LogP contribution in [0, 0.1) is 11.8 Å². The van der Waals surface area contributed by atoms with Crippen LogP contribution in [0.25, 0.3) is 0 Å². The first kappa shape index (κ1) is 19.5. The van der Waals surface area contributed by atoms with Crippen LogP contribution in [0.5, 0.6) is 0 Å². The molecule has 2 aliphatic carbocycles. The van der Waals surface area contributed by atoms with Crippen LogP contribution in [0.4, 0.5) is 0 Å². The summed E-state index contributed by atoms with van der Waals surface area (Å²) >= 11 is 0. The Hall–Kier alpha value is -1.83. The molecule has 0 saturated heterocycles. The van der Waals surface area contributed by atoms with Crippen LogP contribution in [0.1, 0.15) is 58.8 Å². The molecule has 2 aliphatic rings. The van der Waals surface area contributed by atoms with Crippen molar-refractivity contribution in [2.45, 2.75) is 58.8 Å². The Labute approximate surface area is 153 Å². The molecule has 1 saturated carbocycles. The molecular weight excluding hydrogens is 306 g/mol. The summed E-state index contributed by atoms with van der Waals surface area (Å²) in [5, 5.41) is 0. The van der Waals surface area contributed by atoms with E-state index in [-0.39, 0.29) is 0 Å². The third kappa shape index (κ3) is 5.88. The summed E-state index contributed by atoms with van der Waals surface area (Å²) in [6, 6.07) is 0.